The van der Waals surface area contributed by atoms with E-state index in [9.17, 15) is 14.9 Å². The molecule has 2 heterocycles. The number of nitro groups is 1. The van der Waals surface area contributed by atoms with E-state index in [2.05, 4.69) is 9.72 Å². The van der Waals surface area contributed by atoms with Crippen molar-refractivity contribution in [1.82, 2.24) is 4.98 Å². The van der Waals surface area contributed by atoms with Crippen molar-refractivity contribution in [3.8, 4) is 0 Å². The van der Waals surface area contributed by atoms with Gasteiger partial charge in [-0.25, -0.2) is 9.78 Å². The highest BCUT2D eigenvalue weighted by Crippen LogP contribution is 2.35. The Morgan fingerprint density at radius 3 is 2.75 bits per heavy atom. The molecule has 0 aromatic carbocycles. The lowest BCUT2D eigenvalue weighted by atomic mass is 10.3. The van der Waals surface area contributed by atoms with Crippen molar-refractivity contribution in [2.45, 2.75) is 16.8 Å². The Hall–Kier alpha value is -2.35. The topological polar surface area (TPSA) is 95.5 Å². The average Bonchev–Trinajstić information content (AvgIpc) is 2.83. The Morgan fingerprint density at radius 2 is 2.20 bits per heavy atom. The van der Waals surface area contributed by atoms with Crippen molar-refractivity contribution >= 4 is 23.4 Å². The number of hydrogen-bond acceptors (Lipinski definition) is 7. The molecule has 0 aliphatic carbocycles. The number of hydrogen-bond donors (Lipinski definition) is 0. The molecule has 0 radical (unpaired) electrons. The number of carbonyl (C=O) groups is 1. The van der Waals surface area contributed by atoms with Crippen molar-refractivity contribution in [2.24, 2.45) is 0 Å². The van der Waals surface area contributed by atoms with Crippen LogP contribution in [-0.4, -0.2) is 23.0 Å². The summed E-state index contributed by atoms with van der Waals surface area (Å²) < 4.78 is 9.68. The number of aryl methyl sites for hydroxylation is 1. The standard InChI is InChI=1S/C12H10N2O5S/c1-7-10(5-6-19-7)20-11-9(14(16)17)4-3-8(13-11)12(15)18-2/h3-6H,1-2H3. The minimum Gasteiger partial charge on any atom is -0.468 e. The summed E-state index contributed by atoms with van der Waals surface area (Å²) in [5.74, 6) is -0.0276. The molecule has 2 aromatic heterocycles. The van der Waals surface area contributed by atoms with Crippen molar-refractivity contribution in [3.63, 3.8) is 0 Å². The van der Waals surface area contributed by atoms with Gasteiger partial charge in [0.05, 0.1) is 23.2 Å². The third kappa shape index (κ3) is 2.80. The second-order valence-corrected chi connectivity index (χ2v) is 4.74. The van der Waals surface area contributed by atoms with Crippen LogP contribution in [0.15, 0.2) is 38.8 Å². The quantitative estimate of drug-likeness (QED) is 0.486. The molecule has 0 fully saturated rings. The minimum absolute atomic E-state index is 0.0155. The first-order valence-corrected chi connectivity index (χ1v) is 6.30. The summed E-state index contributed by atoms with van der Waals surface area (Å²) in [4.78, 5) is 26.6. The van der Waals surface area contributed by atoms with Gasteiger partial charge in [-0.2, -0.15) is 0 Å². The number of methoxy groups -OCH3 is 1. The Morgan fingerprint density at radius 1 is 1.45 bits per heavy atom. The predicted octanol–water partition coefficient (Wildman–Crippen LogP) is 2.83. The molecule has 0 unspecified atom stereocenters. The van der Waals surface area contributed by atoms with Crippen LogP contribution in [0.4, 0.5) is 5.69 Å². The summed E-state index contributed by atoms with van der Waals surface area (Å²) >= 11 is 1.06. The summed E-state index contributed by atoms with van der Waals surface area (Å²) in [5.41, 5.74) is -0.162. The maximum Gasteiger partial charge on any atom is 0.356 e. The Kier molecular flexibility index (Phi) is 4.04. The van der Waals surface area contributed by atoms with E-state index in [0.29, 0.717) is 10.7 Å². The number of esters is 1. The Bertz CT molecular complexity index is 668. The fraction of sp³-hybridized carbons (Fsp3) is 0.167. The van der Waals surface area contributed by atoms with Crippen LogP contribution in [0.5, 0.6) is 0 Å². The van der Waals surface area contributed by atoms with Gasteiger partial charge < -0.3 is 9.15 Å². The number of ether oxygens (including phenoxy) is 1. The van der Waals surface area contributed by atoms with Gasteiger partial charge in [0.15, 0.2) is 5.03 Å². The molecule has 2 rings (SSSR count). The van der Waals surface area contributed by atoms with Gasteiger partial charge in [-0.05, 0) is 19.1 Å². The first-order valence-electron chi connectivity index (χ1n) is 5.48. The molecule has 0 aliphatic rings. The third-order valence-corrected chi connectivity index (χ3v) is 3.59. The first-order chi connectivity index (χ1) is 9.52. The van der Waals surface area contributed by atoms with Gasteiger partial charge in [0.1, 0.15) is 11.5 Å². The maximum atomic E-state index is 11.4. The molecule has 2 aromatic rings. The molecule has 0 N–H and O–H groups in total. The number of rotatable bonds is 4. The molecule has 0 atom stereocenters. The van der Waals surface area contributed by atoms with Gasteiger partial charge in [-0.1, -0.05) is 11.8 Å². The highest BCUT2D eigenvalue weighted by Gasteiger charge is 2.21. The largest absolute Gasteiger partial charge is 0.468 e. The van der Waals surface area contributed by atoms with Gasteiger partial charge in [-0.15, -0.1) is 0 Å². The van der Waals surface area contributed by atoms with E-state index >= 15 is 0 Å². The summed E-state index contributed by atoms with van der Waals surface area (Å²) in [7, 11) is 1.22. The molecule has 8 heteroatoms. The first kappa shape index (κ1) is 14.1. The van der Waals surface area contributed by atoms with Crippen LogP contribution in [-0.2, 0) is 4.74 Å². The van der Waals surface area contributed by atoms with Crippen LogP contribution in [0.3, 0.4) is 0 Å². The van der Waals surface area contributed by atoms with Gasteiger partial charge in [0.25, 0.3) is 0 Å². The zero-order chi connectivity index (χ0) is 14.7. The average molecular weight is 294 g/mol. The smallest absolute Gasteiger partial charge is 0.356 e. The number of furan rings is 1. The van der Waals surface area contributed by atoms with E-state index in [4.69, 9.17) is 4.42 Å². The van der Waals surface area contributed by atoms with E-state index in [1.165, 1.54) is 25.5 Å². The highest BCUT2D eigenvalue weighted by atomic mass is 32.2. The number of pyridine rings is 1. The maximum absolute atomic E-state index is 11.4. The number of carbonyl (C=O) groups excluding carboxylic acids is 1. The van der Waals surface area contributed by atoms with Crippen LogP contribution in [0.25, 0.3) is 0 Å². The zero-order valence-corrected chi connectivity index (χ0v) is 11.5. The summed E-state index contributed by atoms with van der Waals surface area (Å²) in [6, 6.07) is 4.17. The third-order valence-electron chi connectivity index (χ3n) is 2.45. The van der Waals surface area contributed by atoms with E-state index in [1.807, 2.05) is 0 Å². The highest BCUT2D eigenvalue weighted by molar-refractivity contribution is 7.99. The molecule has 104 valence electrons. The molecule has 0 bridgehead atoms. The van der Waals surface area contributed by atoms with Gasteiger partial charge in [-0.3, -0.25) is 10.1 Å². The van der Waals surface area contributed by atoms with Crippen molar-refractivity contribution in [2.75, 3.05) is 7.11 Å². The molecule has 0 spiro atoms. The van der Waals surface area contributed by atoms with Crippen molar-refractivity contribution < 1.29 is 18.9 Å². The van der Waals surface area contributed by atoms with E-state index in [1.54, 1.807) is 13.0 Å². The second-order valence-electron chi connectivity index (χ2n) is 3.71. The summed E-state index contributed by atoms with van der Waals surface area (Å²) in [6.45, 7) is 1.73. The zero-order valence-electron chi connectivity index (χ0n) is 10.7. The molecule has 0 aliphatic heterocycles. The molecule has 0 saturated carbocycles. The SMILES string of the molecule is COC(=O)c1ccc([N+](=O)[O-])c(Sc2ccoc2C)n1. The number of nitrogens with zero attached hydrogens (tertiary/aromatic N) is 2. The molecule has 0 amide bonds. The Labute approximate surface area is 118 Å². The summed E-state index contributed by atoms with van der Waals surface area (Å²) in [6.07, 6.45) is 1.48. The summed E-state index contributed by atoms with van der Waals surface area (Å²) in [5, 5.41) is 11.1. The van der Waals surface area contributed by atoms with Crippen LogP contribution in [0, 0.1) is 17.0 Å². The van der Waals surface area contributed by atoms with Crippen molar-refractivity contribution in [1.29, 1.82) is 0 Å². The predicted molar refractivity (Wildman–Crippen MR) is 69.8 cm³/mol. The van der Waals surface area contributed by atoms with E-state index in [-0.39, 0.29) is 16.4 Å². The number of aromatic nitrogens is 1. The lowest BCUT2D eigenvalue weighted by Gasteiger charge is -2.03. The molecule has 7 nitrogen and oxygen atoms in total. The second kappa shape index (κ2) is 5.74. The molecular formula is C12H10N2O5S. The van der Waals surface area contributed by atoms with Crippen LogP contribution in [0.2, 0.25) is 0 Å². The fourth-order valence-electron chi connectivity index (χ4n) is 1.45. The monoisotopic (exact) mass is 294 g/mol. The normalized spacial score (nSPS) is 10.3. The van der Waals surface area contributed by atoms with Crippen molar-refractivity contribution in [3.05, 3.63) is 46.0 Å². The lowest BCUT2D eigenvalue weighted by molar-refractivity contribution is -0.388. The van der Waals surface area contributed by atoms with Crippen LogP contribution >= 0.6 is 11.8 Å². The van der Waals surface area contributed by atoms with Gasteiger partial charge in [0, 0.05) is 6.07 Å². The Balaban J connectivity index is 2.44. The van der Waals surface area contributed by atoms with Gasteiger partial charge in [0.2, 0.25) is 0 Å². The minimum atomic E-state index is -0.648. The fourth-order valence-corrected chi connectivity index (χ4v) is 2.36. The van der Waals surface area contributed by atoms with E-state index < -0.39 is 10.9 Å². The molecular weight excluding hydrogens is 284 g/mol. The van der Waals surface area contributed by atoms with Crippen LogP contribution < -0.4 is 0 Å². The molecule has 20 heavy (non-hydrogen) atoms. The lowest BCUT2D eigenvalue weighted by Crippen LogP contribution is -2.06. The van der Waals surface area contributed by atoms with Crippen LogP contribution in [0.1, 0.15) is 16.2 Å². The molecule has 0 saturated heterocycles. The van der Waals surface area contributed by atoms with Gasteiger partial charge >= 0.3 is 11.7 Å². The van der Waals surface area contributed by atoms with E-state index in [0.717, 1.165) is 11.8 Å².